The summed E-state index contributed by atoms with van der Waals surface area (Å²) in [6.07, 6.45) is 8.33. The number of halogens is 1. The third-order valence-corrected chi connectivity index (χ3v) is 3.73. The number of H-pyrrole nitrogens is 1. The highest BCUT2D eigenvalue weighted by Gasteiger charge is 2.28. The largest absolute Gasteiger partial charge is 0.345 e. The van der Waals surface area contributed by atoms with E-state index in [1.165, 1.54) is 12.8 Å². The molecule has 2 aromatic heterocycles. The normalized spacial score (nSPS) is 20.1. The molecule has 3 heterocycles. The molecule has 3 rings (SSSR count). The van der Waals surface area contributed by atoms with E-state index in [4.69, 9.17) is 0 Å². The van der Waals surface area contributed by atoms with E-state index in [1.807, 2.05) is 0 Å². The van der Waals surface area contributed by atoms with Crippen LogP contribution in [0.15, 0.2) is 23.3 Å². The van der Waals surface area contributed by atoms with Gasteiger partial charge in [-0.1, -0.05) is 0 Å². The molecule has 0 unspecified atom stereocenters. The SMILES string of the molecule is Brc1cncnc1N1CCCC[C@H]1c1ncn[nH]1. The molecular weight excluding hydrogens is 296 g/mol. The summed E-state index contributed by atoms with van der Waals surface area (Å²) in [4.78, 5) is 14.9. The van der Waals surface area contributed by atoms with Crippen molar-refractivity contribution in [2.45, 2.75) is 25.3 Å². The lowest BCUT2D eigenvalue weighted by molar-refractivity contribution is 0.453. The van der Waals surface area contributed by atoms with Crippen molar-refractivity contribution in [3.05, 3.63) is 29.1 Å². The van der Waals surface area contributed by atoms with Gasteiger partial charge in [0.1, 0.15) is 24.3 Å². The van der Waals surface area contributed by atoms with Gasteiger partial charge in [-0.05, 0) is 35.2 Å². The fourth-order valence-corrected chi connectivity index (χ4v) is 2.81. The van der Waals surface area contributed by atoms with Crippen LogP contribution in [0, 0.1) is 0 Å². The number of rotatable bonds is 2. The van der Waals surface area contributed by atoms with Crippen molar-refractivity contribution in [2.24, 2.45) is 0 Å². The van der Waals surface area contributed by atoms with Crippen molar-refractivity contribution in [1.82, 2.24) is 25.1 Å². The van der Waals surface area contributed by atoms with Crippen LogP contribution in [-0.4, -0.2) is 31.7 Å². The van der Waals surface area contributed by atoms with Crippen LogP contribution in [0.4, 0.5) is 5.82 Å². The number of piperidine rings is 1. The Balaban J connectivity index is 1.95. The average molecular weight is 309 g/mol. The summed E-state index contributed by atoms with van der Waals surface area (Å²) >= 11 is 3.51. The zero-order valence-corrected chi connectivity index (χ0v) is 11.3. The van der Waals surface area contributed by atoms with Gasteiger partial charge >= 0.3 is 0 Å². The fraction of sp³-hybridized carbons (Fsp3) is 0.455. The van der Waals surface area contributed by atoms with Gasteiger partial charge in [0.15, 0.2) is 0 Å². The highest BCUT2D eigenvalue weighted by atomic mass is 79.9. The molecule has 0 spiro atoms. The minimum atomic E-state index is 0.215. The molecular formula is C11H13BrN6. The second-order valence-corrected chi connectivity index (χ2v) is 5.12. The first kappa shape index (κ1) is 11.6. The van der Waals surface area contributed by atoms with Gasteiger partial charge in [0, 0.05) is 12.7 Å². The molecule has 0 aliphatic carbocycles. The van der Waals surface area contributed by atoms with E-state index in [0.29, 0.717) is 0 Å². The van der Waals surface area contributed by atoms with Crippen molar-refractivity contribution in [1.29, 1.82) is 0 Å². The Morgan fingerprint density at radius 1 is 1.28 bits per heavy atom. The second-order valence-electron chi connectivity index (χ2n) is 4.27. The zero-order valence-electron chi connectivity index (χ0n) is 9.75. The summed E-state index contributed by atoms with van der Waals surface area (Å²) in [5, 5.41) is 6.91. The maximum atomic E-state index is 4.37. The maximum absolute atomic E-state index is 4.37. The molecule has 1 atom stereocenters. The Morgan fingerprint density at radius 3 is 3.00 bits per heavy atom. The zero-order chi connectivity index (χ0) is 12.4. The number of hydrogen-bond acceptors (Lipinski definition) is 5. The van der Waals surface area contributed by atoms with Crippen LogP contribution in [-0.2, 0) is 0 Å². The van der Waals surface area contributed by atoms with Gasteiger partial charge in [0.2, 0.25) is 0 Å². The lowest BCUT2D eigenvalue weighted by Gasteiger charge is -2.35. The van der Waals surface area contributed by atoms with Crippen molar-refractivity contribution in [3.8, 4) is 0 Å². The minimum Gasteiger partial charge on any atom is -0.345 e. The third-order valence-electron chi connectivity index (χ3n) is 3.17. The molecule has 7 heteroatoms. The summed E-state index contributed by atoms with van der Waals surface area (Å²) in [5.41, 5.74) is 0. The molecule has 0 bridgehead atoms. The predicted octanol–water partition coefficient (Wildman–Crippen LogP) is 2.09. The van der Waals surface area contributed by atoms with E-state index in [2.05, 4.69) is 46.0 Å². The Morgan fingerprint density at radius 2 is 2.22 bits per heavy atom. The van der Waals surface area contributed by atoms with Crippen molar-refractivity contribution >= 4 is 21.7 Å². The molecule has 1 aliphatic heterocycles. The van der Waals surface area contributed by atoms with Gasteiger partial charge in [0.05, 0.1) is 10.5 Å². The first-order valence-corrected chi connectivity index (χ1v) is 6.73. The second kappa shape index (κ2) is 5.01. The molecule has 94 valence electrons. The highest BCUT2D eigenvalue weighted by Crippen LogP contribution is 2.35. The number of nitrogens with one attached hydrogen (secondary N) is 1. The van der Waals surface area contributed by atoms with E-state index in [1.54, 1.807) is 18.9 Å². The average Bonchev–Trinajstić information content (AvgIpc) is 2.93. The van der Waals surface area contributed by atoms with Crippen molar-refractivity contribution < 1.29 is 0 Å². The van der Waals surface area contributed by atoms with E-state index in [9.17, 15) is 0 Å². The Labute approximate surface area is 113 Å². The number of hydrogen-bond donors (Lipinski definition) is 1. The molecule has 0 aromatic carbocycles. The first-order valence-electron chi connectivity index (χ1n) is 5.93. The minimum absolute atomic E-state index is 0.215. The molecule has 0 amide bonds. The summed E-state index contributed by atoms with van der Waals surface area (Å²) in [6.45, 7) is 0.973. The molecule has 1 aliphatic rings. The topological polar surface area (TPSA) is 70.6 Å². The van der Waals surface area contributed by atoms with Crippen LogP contribution in [0.3, 0.4) is 0 Å². The lowest BCUT2D eigenvalue weighted by atomic mass is 10.0. The van der Waals surface area contributed by atoms with Gasteiger partial charge < -0.3 is 4.90 Å². The van der Waals surface area contributed by atoms with Gasteiger partial charge in [-0.2, -0.15) is 5.10 Å². The molecule has 2 aromatic rings. The highest BCUT2D eigenvalue weighted by molar-refractivity contribution is 9.10. The first-order chi connectivity index (χ1) is 8.86. The predicted molar refractivity (Wildman–Crippen MR) is 70.1 cm³/mol. The molecule has 6 nitrogen and oxygen atoms in total. The van der Waals surface area contributed by atoms with E-state index in [0.717, 1.165) is 29.1 Å². The van der Waals surface area contributed by atoms with Crippen molar-refractivity contribution in [2.75, 3.05) is 11.4 Å². The van der Waals surface area contributed by atoms with Gasteiger partial charge in [-0.15, -0.1) is 0 Å². The molecule has 1 saturated heterocycles. The molecule has 1 fully saturated rings. The number of aromatic amines is 1. The maximum Gasteiger partial charge on any atom is 0.147 e. The monoisotopic (exact) mass is 308 g/mol. The lowest BCUT2D eigenvalue weighted by Crippen LogP contribution is -2.35. The molecule has 18 heavy (non-hydrogen) atoms. The number of aromatic nitrogens is 5. The third kappa shape index (κ3) is 2.10. The van der Waals surface area contributed by atoms with E-state index >= 15 is 0 Å². The van der Waals surface area contributed by atoms with Crippen LogP contribution >= 0.6 is 15.9 Å². The standard InChI is InChI=1S/C11H13BrN6/c12-8-5-13-6-15-11(8)18-4-2-1-3-9(18)10-14-7-16-17-10/h5-7,9H,1-4H2,(H,14,16,17)/t9-/m0/s1. The van der Waals surface area contributed by atoms with Crippen LogP contribution in [0.2, 0.25) is 0 Å². The van der Waals surface area contributed by atoms with Crippen LogP contribution in [0.1, 0.15) is 31.1 Å². The Kier molecular flexibility index (Phi) is 3.22. The van der Waals surface area contributed by atoms with Crippen LogP contribution < -0.4 is 4.90 Å². The Bertz CT molecular complexity index is 514. The van der Waals surface area contributed by atoms with Gasteiger partial charge in [-0.3, -0.25) is 5.10 Å². The Hall–Kier alpha value is -1.50. The van der Waals surface area contributed by atoms with Gasteiger partial charge in [-0.25, -0.2) is 15.0 Å². The summed E-state index contributed by atoms with van der Waals surface area (Å²) in [6, 6.07) is 0.215. The molecule has 0 radical (unpaired) electrons. The summed E-state index contributed by atoms with van der Waals surface area (Å²) < 4.78 is 0.913. The molecule has 1 N–H and O–H groups in total. The summed E-state index contributed by atoms with van der Waals surface area (Å²) in [7, 11) is 0. The van der Waals surface area contributed by atoms with Crippen LogP contribution in [0.25, 0.3) is 0 Å². The van der Waals surface area contributed by atoms with Crippen molar-refractivity contribution in [3.63, 3.8) is 0 Å². The number of nitrogens with zero attached hydrogens (tertiary/aromatic N) is 5. The fourth-order valence-electron chi connectivity index (χ4n) is 2.36. The number of anilines is 1. The smallest absolute Gasteiger partial charge is 0.147 e. The molecule has 0 saturated carbocycles. The van der Waals surface area contributed by atoms with Gasteiger partial charge in [0.25, 0.3) is 0 Å². The quantitative estimate of drug-likeness (QED) is 0.920. The van der Waals surface area contributed by atoms with E-state index < -0.39 is 0 Å². The van der Waals surface area contributed by atoms with Crippen LogP contribution in [0.5, 0.6) is 0 Å². The summed E-state index contributed by atoms with van der Waals surface area (Å²) in [5.74, 6) is 1.83. The van der Waals surface area contributed by atoms with E-state index in [-0.39, 0.29) is 6.04 Å².